The minimum atomic E-state index is -1.16. The number of rotatable bonds is 6. The van der Waals surface area contributed by atoms with Crippen molar-refractivity contribution in [2.24, 2.45) is 5.73 Å². The Labute approximate surface area is 121 Å². The van der Waals surface area contributed by atoms with Gasteiger partial charge in [0.2, 0.25) is 17.7 Å². The van der Waals surface area contributed by atoms with Crippen molar-refractivity contribution in [1.29, 1.82) is 0 Å². The van der Waals surface area contributed by atoms with E-state index in [1.165, 1.54) is 11.8 Å². The number of carboxylic acids is 1. The van der Waals surface area contributed by atoms with Crippen LogP contribution in [0.1, 0.15) is 19.8 Å². The van der Waals surface area contributed by atoms with E-state index < -0.39 is 29.9 Å². The lowest BCUT2D eigenvalue weighted by Gasteiger charge is -2.23. The molecule has 0 aliphatic carbocycles. The van der Waals surface area contributed by atoms with E-state index >= 15 is 0 Å². The van der Waals surface area contributed by atoms with Gasteiger partial charge < -0.3 is 26.4 Å². The first kappa shape index (κ1) is 16.9. The largest absolute Gasteiger partial charge is 0.480 e. The molecule has 1 aliphatic heterocycles. The molecule has 0 spiro atoms. The van der Waals surface area contributed by atoms with E-state index in [2.05, 4.69) is 10.6 Å². The number of carboxylic acid groups (broad SMARTS) is 1. The zero-order valence-electron chi connectivity index (χ0n) is 11.8. The van der Waals surface area contributed by atoms with Crippen LogP contribution in [0.5, 0.6) is 0 Å². The number of carbonyl (C=O) groups is 4. The molecule has 0 bridgehead atoms. The second-order valence-electron chi connectivity index (χ2n) is 4.79. The van der Waals surface area contributed by atoms with Crippen LogP contribution in [0.25, 0.3) is 0 Å². The van der Waals surface area contributed by atoms with Gasteiger partial charge in [-0.3, -0.25) is 19.2 Å². The molecule has 0 radical (unpaired) electrons. The van der Waals surface area contributed by atoms with Crippen molar-refractivity contribution in [3.63, 3.8) is 0 Å². The summed E-state index contributed by atoms with van der Waals surface area (Å²) in [6.45, 7) is 1.29. The fraction of sp³-hybridized carbons (Fsp3) is 0.667. The summed E-state index contributed by atoms with van der Waals surface area (Å²) in [7, 11) is 0. The summed E-state index contributed by atoms with van der Waals surface area (Å²) in [4.78, 5) is 47.0. The van der Waals surface area contributed by atoms with Crippen LogP contribution in [-0.2, 0) is 19.2 Å². The monoisotopic (exact) mass is 300 g/mol. The number of hydrogen-bond acceptors (Lipinski definition) is 5. The van der Waals surface area contributed by atoms with Crippen molar-refractivity contribution in [1.82, 2.24) is 15.5 Å². The zero-order valence-corrected chi connectivity index (χ0v) is 11.8. The van der Waals surface area contributed by atoms with Crippen molar-refractivity contribution in [2.45, 2.75) is 31.8 Å². The molecule has 1 rings (SSSR count). The van der Waals surface area contributed by atoms with Gasteiger partial charge in [-0.1, -0.05) is 0 Å². The summed E-state index contributed by atoms with van der Waals surface area (Å²) in [6, 6.07) is -1.65. The van der Waals surface area contributed by atoms with Crippen LogP contribution in [0.4, 0.5) is 0 Å². The molecule has 3 amide bonds. The van der Waals surface area contributed by atoms with Crippen molar-refractivity contribution in [3.05, 3.63) is 0 Å². The predicted octanol–water partition coefficient (Wildman–Crippen LogP) is -2.36. The van der Waals surface area contributed by atoms with Crippen LogP contribution in [0.3, 0.4) is 0 Å². The first-order valence-electron chi connectivity index (χ1n) is 6.66. The van der Waals surface area contributed by atoms with Crippen molar-refractivity contribution >= 4 is 23.7 Å². The first-order valence-corrected chi connectivity index (χ1v) is 6.66. The van der Waals surface area contributed by atoms with Crippen molar-refractivity contribution < 1.29 is 24.3 Å². The zero-order chi connectivity index (χ0) is 16.0. The van der Waals surface area contributed by atoms with E-state index in [1.54, 1.807) is 0 Å². The van der Waals surface area contributed by atoms with E-state index in [4.69, 9.17) is 10.8 Å². The van der Waals surface area contributed by atoms with Crippen LogP contribution >= 0.6 is 0 Å². The highest BCUT2D eigenvalue weighted by Crippen LogP contribution is 2.17. The van der Waals surface area contributed by atoms with Gasteiger partial charge >= 0.3 is 5.97 Å². The Kier molecular flexibility index (Phi) is 6.10. The molecule has 21 heavy (non-hydrogen) atoms. The Balaban J connectivity index is 2.44. The Morgan fingerprint density at radius 3 is 2.62 bits per heavy atom. The third kappa shape index (κ3) is 4.71. The molecule has 1 aliphatic rings. The smallest absolute Gasteiger partial charge is 0.325 e. The number of nitrogens with two attached hydrogens (primary N) is 1. The van der Waals surface area contributed by atoms with Crippen LogP contribution < -0.4 is 16.4 Å². The lowest BCUT2D eigenvalue weighted by atomic mass is 10.2. The van der Waals surface area contributed by atoms with Crippen LogP contribution in [0.2, 0.25) is 0 Å². The molecule has 0 aromatic rings. The van der Waals surface area contributed by atoms with Crippen molar-refractivity contribution in [3.8, 4) is 0 Å². The Morgan fingerprint density at radius 1 is 1.38 bits per heavy atom. The summed E-state index contributed by atoms with van der Waals surface area (Å²) >= 11 is 0. The minimum Gasteiger partial charge on any atom is -0.480 e. The molecule has 5 N–H and O–H groups in total. The van der Waals surface area contributed by atoms with E-state index in [1.807, 2.05) is 0 Å². The van der Waals surface area contributed by atoms with E-state index in [0.717, 1.165) is 0 Å². The average Bonchev–Trinajstić information content (AvgIpc) is 2.93. The summed E-state index contributed by atoms with van der Waals surface area (Å²) in [5.74, 6) is -2.51. The standard InChI is InChI=1S/C12H20N4O5/c1-7(12(20)21)15-9(17)6-14-11(19)8-3-2-4-16(8)10(18)5-13/h7-8H,2-6,13H2,1H3,(H,14,19)(H,15,17)(H,20,21). The fourth-order valence-corrected chi connectivity index (χ4v) is 2.09. The Bertz CT molecular complexity index is 439. The molecule has 0 saturated carbocycles. The summed E-state index contributed by atoms with van der Waals surface area (Å²) in [5.41, 5.74) is 5.28. The summed E-state index contributed by atoms with van der Waals surface area (Å²) < 4.78 is 0. The topological polar surface area (TPSA) is 142 Å². The molecule has 2 atom stereocenters. The van der Waals surface area contributed by atoms with Gasteiger partial charge in [0.1, 0.15) is 12.1 Å². The van der Waals surface area contributed by atoms with Crippen LogP contribution in [-0.4, -0.2) is 65.4 Å². The highest BCUT2D eigenvalue weighted by atomic mass is 16.4. The molecule has 0 aromatic heterocycles. The number of nitrogens with zero attached hydrogens (tertiary/aromatic N) is 1. The lowest BCUT2D eigenvalue weighted by molar-refractivity contribution is -0.141. The molecule has 118 valence electrons. The van der Waals surface area contributed by atoms with Gasteiger partial charge in [-0.15, -0.1) is 0 Å². The molecule has 1 heterocycles. The highest BCUT2D eigenvalue weighted by Gasteiger charge is 2.33. The quantitative estimate of drug-likeness (QED) is 0.432. The van der Waals surface area contributed by atoms with Gasteiger partial charge in [-0.05, 0) is 19.8 Å². The third-order valence-corrected chi connectivity index (χ3v) is 3.22. The van der Waals surface area contributed by atoms with Gasteiger partial charge in [0, 0.05) is 6.54 Å². The summed E-state index contributed by atoms with van der Waals surface area (Å²) in [6.07, 6.45) is 1.22. The predicted molar refractivity (Wildman–Crippen MR) is 72.0 cm³/mol. The van der Waals surface area contributed by atoms with E-state index in [0.29, 0.717) is 19.4 Å². The third-order valence-electron chi connectivity index (χ3n) is 3.22. The molecule has 1 fully saturated rings. The van der Waals surface area contributed by atoms with Gasteiger partial charge in [0.15, 0.2) is 0 Å². The number of hydrogen-bond donors (Lipinski definition) is 4. The van der Waals surface area contributed by atoms with E-state index in [9.17, 15) is 19.2 Å². The Morgan fingerprint density at radius 2 is 2.05 bits per heavy atom. The second kappa shape index (κ2) is 7.58. The van der Waals surface area contributed by atoms with Gasteiger partial charge in [-0.25, -0.2) is 0 Å². The number of likely N-dealkylation sites (tertiary alicyclic amines) is 1. The van der Waals surface area contributed by atoms with Crippen molar-refractivity contribution in [2.75, 3.05) is 19.6 Å². The SMILES string of the molecule is CC(NC(=O)CNC(=O)C1CCCN1C(=O)CN)C(=O)O. The second-order valence-corrected chi connectivity index (χ2v) is 4.79. The molecule has 2 unspecified atom stereocenters. The molecule has 9 nitrogen and oxygen atoms in total. The molecular formula is C12H20N4O5. The molecule has 0 aromatic carbocycles. The van der Waals surface area contributed by atoms with E-state index in [-0.39, 0.29) is 19.0 Å². The maximum absolute atomic E-state index is 12.0. The minimum absolute atomic E-state index is 0.166. The van der Waals surface area contributed by atoms with Gasteiger partial charge in [0.05, 0.1) is 13.1 Å². The average molecular weight is 300 g/mol. The maximum Gasteiger partial charge on any atom is 0.325 e. The normalized spacial score (nSPS) is 19.0. The van der Waals surface area contributed by atoms with Crippen LogP contribution in [0, 0.1) is 0 Å². The number of nitrogens with one attached hydrogen (secondary N) is 2. The molecule has 1 saturated heterocycles. The first-order chi connectivity index (χ1) is 9.86. The molecular weight excluding hydrogens is 280 g/mol. The van der Waals surface area contributed by atoms with Gasteiger partial charge in [-0.2, -0.15) is 0 Å². The maximum atomic E-state index is 12.0. The van der Waals surface area contributed by atoms with Gasteiger partial charge in [0.25, 0.3) is 0 Å². The fourth-order valence-electron chi connectivity index (χ4n) is 2.09. The number of amides is 3. The number of aliphatic carboxylic acids is 1. The highest BCUT2D eigenvalue weighted by molar-refractivity contribution is 5.92. The Hall–Kier alpha value is -2.16. The number of carbonyl (C=O) groups excluding carboxylic acids is 3. The lowest BCUT2D eigenvalue weighted by Crippen LogP contribution is -2.50. The van der Waals surface area contributed by atoms with Crippen LogP contribution in [0.15, 0.2) is 0 Å². The molecule has 9 heteroatoms. The summed E-state index contributed by atoms with van der Waals surface area (Å²) in [5, 5.41) is 13.3.